The van der Waals surface area contributed by atoms with Crippen molar-refractivity contribution in [3.05, 3.63) is 29.3 Å². The third-order valence-corrected chi connectivity index (χ3v) is 4.56. The molecule has 0 aliphatic carbocycles. The summed E-state index contributed by atoms with van der Waals surface area (Å²) >= 11 is 0. The highest BCUT2D eigenvalue weighted by atomic mass is 16.2. The van der Waals surface area contributed by atoms with E-state index in [1.54, 1.807) is 0 Å². The molecule has 4 amide bonds. The van der Waals surface area contributed by atoms with Crippen LogP contribution in [-0.4, -0.2) is 34.8 Å². The zero-order valence-electron chi connectivity index (χ0n) is 15.4. The van der Waals surface area contributed by atoms with Crippen LogP contribution in [0.1, 0.15) is 50.7 Å². The first-order valence-electron chi connectivity index (χ1n) is 8.84. The molecule has 6 nitrogen and oxygen atoms in total. The van der Waals surface area contributed by atoms with Crippen LogP contribution in [0.4, 0.5) is 10.5 Å². The smallest absolute Gasteiger partial charge is 0.324 e. The van der Waals surface area contributed by atoms with Gasteiger partial charge >= 0.3 is 6.03 Å². The summed E-state index contributed by atoms with van der Waals surface area (Å²) in [6.45, 7) is 7.57. The van der Waals surface area contributed by atoms with Gasteiger partial charge in [-0.2, -0.15) is 0 Å². The largest absolute Gasteiger partial charge is 0.325 e. The fraction of sp³-hybridized carbons (Fsp3) is 0.526. The topological polar surface area (TPSA) is 78.5 Å². The zero-order chi connectivity index (χ0) is 18.6. The Bertz CT molecular complexity index is 678. The molecular weight excluding hydrogens is 318 g/mol. The lowest BCUT2D eigenvalue weighted by atomic mass is 9.88. The summed E-state index contributed by atoms with van der Waals surface area (Å²) in [5.74, 6) is -0.670. The molecule has 0 saturated carbocycles. The van der Waals surface area contributed by atoms with Crippen molar-refractivity contribution in [1.82, 2.24) is 10.2 Å². The SMILES string of the molecule is CCCC1(CCC)NC(=O)N(CC(=O)Nc2ccc(C)cc2C)C1=O. The number of carbonyl (C=O) groups is 3. The molecule has 0 radical (unpaired) electrons. The maximum absolute atomic E-state index is 12.8. The van der Waals surface area contributed by atoms with E-state index >= 15 is 0 Å². The Hall–Kier alpha value is -2.37. The van der Waals surface area contributed by atoms with Crippen molar-refractivity contribution in [3.8, 4) is 0 Å². The van der Waals surface area contributed by atoms with Crippen LogP contribution < -0.4 is 10.6 Å². The van der Waals surface area contributed by atoms with Crippen LogP contribution in [0.25, 0.3) is 0 Å². The zero-order valence-corrected chi connectivity index (χ0v) is 15.4. The number of urea groups is 1. The summed E-state index contributed by atoms with van der Waals surface area (Å²) in [7, 11) is 0. The number of imide groups is 1. The van der Waals surface area contributed by atoms with Gasteiger partial charge in [0.2, 0.25) is 5.91 Å². The molecule has 0 atom stereocenters. The molecule has 1 aromatic carbocycles. The Kier molecular flexibility index (Phi) is 5.82. The molecule has 2 N–H and O–H groups in total. The van der Waals surface area contributed by atoms with Crippen LogP contribution in [0.15, 0.2) is 18.2 Å². The molecular formula is C19H27N3O3. The Balaban J connectivity index is 2.09. The van der Waals surface area contributed by atoms with Gasteiger partial charge in [0.25, 0.3) is 5.91 Å². The maximum Gasteiger partial charge on any atom is 0.325 e. The van der Waals surface area contributed by atoms with E-state index in [0.717, 1.165) is 28.9 Å². The molecule has 1 fully saturated rings. The fourth-order valence-electron chi connectivity index (χ4n) is 3.42. The number of carbonyl (C=O) groups excluding carboxylic acids is 3. The minimum atomic E-state index is -0.860. The van der Waals surface area contributed by atoms with Crippen molar-refractivity contribution < 1.29 is 14.4 Å². The highest BCUT2D eigenvalue weighted by molar-refractivity contribution is 6.10. The summed E-state index contributed by atoms with van der Waals surface area (Å²) in [6.07, 6.45) is 2.74. The summed E-state index contributed by atoms with van der Waals surface area (Å²) in [5, 5.41) is 5.60. The van der Waals surface area contributed by atoms with E-state index in [2.05, 4.69) is 10.6 Å². The van der Waals surface area contributed by atoms with E-state index in [4.69, 9.17) is 0 Å². The molecule has 25 heavy (non-hydrogen) atoms. The molecule has 136 valence electrons. The number of hydrogen-bond donors (Lipinski definition) is 2. The second-order valence-corrected chi connectivity index (χ2v) is 6.77. The number of rotatable bonds is 7. The molecule has 0 spiro atoms. The first-order chi connectivity index (χ1) is 11.8. The molecule has 1 heterocycles. The van der Waals surface area contributed by atoms with Crippen molar-refractivity contribution in [3.63, 3.8) is 0 Å². The number of amides is 4. The average molecular weight is 345 g/mol. The number of anilines is 1. The van der Waals surface area contributed by atoms with Crippen LogP contribution in [-0.2, 0) is 9.59 Å². The van der Waals surface area contributed by atoms with Crippen LogP contribution in [0, 0.1) is 13.8 Å². The summed E-state index contributed by atoms with van der Waals surface area (Å²) in [5.41, 5.74) is 1.88. The highest BCUT2D eigenvalue weighted by Gasteiger charge is 2.50. The molecule has 6 heteroatoms. The van der Waals surface area contributed by atoms with Gasteiger partial charge < -0.3 is 10.6 Å². The third kappa shape index (κ3) is 4.00. The highest BCUT2D eigenvalue weighted by Crippen LogP contribution is 2.28. The minimum Gasteiger partial charge on any atom is -0.324 e. The quantitative estimate of drug-likeness (QED) is 0.745. The third-order valence-electron chi connectivity index (χ3n) is 4.56. The van der Waals surface area contributed by atoms with Crippen molar-refractivity contribution in [2.45, 2.75) is 58.9 Å². The molecule has 0 unspecified atom stereocenters. The molecule has 1 aliphatic rings. The molecule has 0 aromatic heterocycles. The van der Waals surface area contributed by atoms with Gasteiger partial charge in [0.1, 0.15) is 12.1 Å². The van der Waals surface area contributed by atoms with Crippen LogP contribution in [0.2, 0.25) is 0 Å². The monoisotopic (exact) mass is 345 g/mol. The Morgan fingerprint density at radius 2 is 1.80 bits per heavy atom. The predicted octanol–water partition coefficient (Wildman–Crippen LogP) is 3.13. The van der Waals surface area contributed by atoms with Gasteiger partial charge in [-0.3, -0.25) is 14.5 Å². The number of nitrogens with one attached hydrogen (secondary N) is 2. The normalized spacial score (nSPS) is 16.1. The Morgan fingerprint density at radius 3 is 2.36 bits per heavy atom. The summed E-state index contributed by atoms with van der Waals surface area (Å²) in [6, 6.07) is 5.22. The Labute approximate surface area is 149 Å². The first kappa shape index (κ1) is 19.0. The molecule has 0 bridgehead atoms. The van der Waals surface area contributed by atoms with Crippen molar-refractivity contribution in [2.24, 2.45) is 0 Å². The summed E-state index contributed by atoms with van der Waals surface area (Å²) in [4.78, 5) is 38.4. The lowest BCUT2D eigenvalue weighted by Gasteiger charge is -2.25. The van der Waals surface area contributed by atoms with E-state index in [1.165, 1.54) is 0 Å². The fourth-order valence-corrected chi connectivity index (χ4v) is 3.42. The standard InChI is InChI=1S/C19H27N3O3/c1-5-9-19(10-6-2)17(24)22(18(25)21-19)12-16(23)20-15-8-7-13(3)11-14(15)4/h7-8,11H,5-6,9-10,12H2,1-4H3,(H,20,23)(H,21,25). The summed E-state index contributed by atoms with van der Waals surface area (Å²) < 4.78 is 0. The number of nitrogens with zero attached hydrogens (tertiary/aromatic N) is 1. The van der Waals surface area contributed by atoms with Gasteiger partial charge in [-0.05, 0) is 38.3 Å². The van der Waals surface area contributed by atoms with Gasteiger partial charge in [0.15, 0.2) is 0 Å². The van der Waals surface area contributed by atoms with Crippen LogP contribution in [0.3, 0.4) is 0 Å². The molecule has 1 aliphatic heterocycles. The van der Waals surface area contributed by atoms with Crippen molar-refractivity contribution >= 4 is 23.5 Å². The number of benzene rings is 1. The predicted molar refractivity (Wildman–Crippen MR) is 97.3 cm³/mol. The molecule has 1 saturated heterocycles. The van der Waals surface area contributed by atoms with Gasteiger partial charge in [-0.1, -0.05) is 44.4 Å². The lowest BCUT2D eigenvalue weighted by Crippen LogP contribution is -2.47. The second kappa shape index (κ2) is 7.68. The van der Waals surface area contributed by atoms with E-state index in [1.807, 2.05) is 45.9 Å². The number of aryl methyl sites for hydroxylation is 2. The molecule has 1 aromatic rings. The van der Waals surface area contributed by atoms with Gasteiger partial charge in [0, 0.05) is 5.69 Å². The van der Waals surface area contributed by atoms with Gasteiger partial charge in [0.05, 0.1) is 0 Å². The van der Waals surface area contributed by atoms with Crippen LogP contribution in [0.5, 0.6) is 0 Å². The molecule has 2 rings (SSSR count). The van der Waals surface area contributed by atoms with E-state index in [0.29, 0.717) is 18.5 Å². The van der Waals surface area contributed by atoms with E-state index in [9.17, 15) is 14.4 Å². The first-order valence-corrected chi connectivity index (χ1v) is 8.84. The second-order valence-electron chi connectivity index (χ2n) is 6.77. The van der Waals surface area contributed by atoms with Gasteiger partial charge in [-0.25, -0.2) is 4.79 Å². The van der Waals surface area contributed by atoms with Crippen LogP contribution >= 0.6 is 0 Å². The van der Waals surface area contributed by atoms with Crippen molar-refractivity contribution in [2.75, 3.05) is 11.9 Å². The van der Waals surface area contributed by atoms with E-state index in [-0.39, 0.29) is 18.4 Å². The Morgan fingerprint density at radius 1 is 1.16 bits per heavy atom. The van der Waals surface area contributed by atoms with Gasteiger partial charge in [-0.15, -0.1) is 0 Å². The number of hydrogen-bond acceptors (Lipinski definition) is 3. The van der Waals surface area contributed by atoms with Crippen molar-refractivity contribution in [1.29, 1.82) is 0 Å². The minimum absolute atomic E-state index is 0.271. The lowest BCUT2D eigenvalue weighted by molar-refractivity contribution is -0.134. The maximum atomic E-state index is 12.8. The van der Waals surface area contributed by atoms with E-state index < -0.39 is 11.6 Å². The average Bonchev–Trinajstić information content (AvgIpc) is 2.75.